The van der Waals surface area contributed by atoms with Crippen LogP contribution in [0.5, 0.6) is 0 Å². The Bertz CT molecular complexity index is 497. The molecule has 1 unspecified atom stereocenters. The van der Waals surface area contributed by atoms with E-state index in [4.69, 9.17) is 5.26 Å². The lowest BCUT2D eigenvalue weighted by Gasteiger charge is -2.13. The van der Waals surface area contributed by atoms with Gasteiger partial charge in [-0.15, -0.1) is 0 Å². The summed E-state index contributed by atoms with van der Waals surface area (Å²) in [5, 5.41) is 18.6. The van der Waals surface area contributed by atoms with Crippen LogP contribution >= 0.6 is 0 Å². The number of hydrogen-bond acceptors (Lipinski definition) is 4. The lowest BCUT2D eigenvalue weighted by molar-refractivity contribution is 0.885. The normalized spacial score (nSPS) is 11.8. The smallest absolute Gasteiger partial charge is 0.142 e. The summed E-state index contributed by atoms with van der Waals surface area (Å²) in [5.41, 5.74) is 2.35. The molecule has 0 aliphatic rings. The minimum Gasteiger partial charge on any atom is -0.378 e. The van der Waals surface area contributed by atoms with Crippen molar-refractivity contribution in [1.29, 1.82) is 5.26 Å². The molecule has 2 heterocycles. The van der Waals surface area contributed by atoms with E-state index in [2.05, 4.69) is 20.5 Å². The maximum absolute atomic E-state index is 8.72. The Morgan fingerprint density at radius 3 is 3.12 bits per heavy atom. The first-order valence-electron chi connectivity index (χ1n) is 4.91. The lowest BCUT2D eigenvalue weighted by atomic mass is 10.2. The average Bonchev–Trinajstić information content (AvgIpc) is 2.83. The number of nitrogens with zero attached hydrogens (tertiary/aromatic N) is 3. The molecule has 0 spiro atoms. The molecule has 0 aliphatic heterocycles. The summed E-state index contributed by atoms with van der Waals surface area (Å²) >= 11 is 0. The third-order valence-corrected chi connectivity index (χ3v) is 2.28. The molecule has 0 fully saturated rings. The van der Waals surface area contributed by atoms with Crippen LogP contribution in [0.25, 0.3) is 0 Å². The van der Waals surface area contributed by atoms with Crippen molar-refractivity contribution in [2.75, 3.05) is 5.32 Å². The van der Waals surface area contributed by atoms with Crippen molar-refractivity contribution in [1.82, 2.24) is 15.2 Å². The molecule has 80 valence electrons. The Hall–Kier alpha value is -2.35. The number of aromatic nitrogens is 3. The van der Waals surface area contributed by atoms with Crippen molar-refractivity contribution in [3.05, 3.63) is 42.0 Å². The third-order valence-electron chi connectivity index (χ3n) is 2.28. The van der Waals surface area contributed by atoms with E-state index in [-0.39, 0.29) is 6.04 Å². The van der Waals surface area contributed by atoms with Crippen LogP contribution in [0, 0.1) is 11.3 Å². The highest BCUT2D eigenvalue weighted by Crippen LogP contribution is 2.17. The fourth-order valence-corrected chi connectivity index (χ4v) is 1.41. The van der Waals surface area contributed by atoms with Crippen molar-refractivity contribution < 1.29 is 0 Å². The van der Waals surface area contributed by atoms with Crippen LogP contribution in [0.15, 0.2) is 30.7 Å². The second-order valence-electron chi connectivity index (χ2n) is 3.44. The first kappa shape index (κ1) is 10.2. The molecule has 0 bridgehead atoms. The topological polar surface area (TPSA) is 77.4 Å². The fourth-order valence-electron chi connectivity index (χ4n) is 1.41. The summed E-state index contributed by atoms with van der Waals surface area (Å²) < 4.78 is 0. The van der Waals surface area contributed by atoms with E-state index in [0.717, 1.165) is 11.3 Å². The Balaban J connectivity index is 2.12. The second kappa shape index (κ2) is 4.45. The number of nitriles is 1. The van der Waals surface area contributed by atoms with Gasteiger partial charge < -0.3 is 5.32 Å². The zero-order valence-corrected chi connectivity index (χ0v) is 8.81. The lowest BCUT2D eigenvalue weighted by Crippen LogP contribution is -2.05. The molecule has 0 amide bonds. The van der Waals surface area contributed by atoms with Gasteiger partial charge in [0.15, 0.2) is 0 Å². The molecular formula is C11H11N5. The highest BCUT2D eigenvalue weighted by Gasteiger charge is 2.06. The van der Waals surface area contributed by atoms with Gasteiger partial charge in [0.1, 0.15) is 11.8 Å². The number of rotatable bonds is 3. The zero-order valence-electron chi connectivity index (χ0n) is 8.81. The van der Waals surface area contributed by atoms with E-state index in [1.54, 1.807) is 18.5 Å². The van der Waals surface area contributed by atoms with Gasteiger partial charge in [-0.2, -0.15) is 10.4 Å². The summed E-state index contributed by atoms with van der Waals surface area (Å²) in [6.45, 7) is 2.03. The van der Waals surface area contributed by atoms with Crippen molar-refractivity contribution in [3.63, 3.8) is 0 Å². The van der Waals surface area contributed by atoms with E-state index in [1.165, 1.54) is 0 Å². The summed E-state index contributed by atoms with van der Waals surface area (Å²) in [6.07, 6.45) is 5.22. The van der Waals surface area contributed by atoms with E-state index in [9.17, 15) is 0 Å². The molecule has 5 nitrogen and oxygen atoms in total. The molecule has 0 aliphatic carbocycles. The third kappa shape index (κ3) is 2.17. The predicted octanol–water partition coefficient (Wildman–Crippen LogP) is 1.85. The maximum Gasteiger partial charge on any atom is 0.142 e. The van der Waals surface area contributed by atoms with Gasteiger partial charge in [0.05, 0.1) is 12.2 Å². The summed E-state index contributed by atoms with van der Waals surface area (Å²) in [4.78, 5) is 3.91. The van der Waals surface area contributed by atoms with Gasteiger partial charge in [-0.05, 0) is 19.1 Å². The molecule has 0 aromatic carbocycles. The molecule has 0 radical (unpaired) electrons. The van der Waals surface area contributed by atoms with Gasteiger partial charge in [-0.1, -0.05) is 0 Å². The van der Waals surface area contributed by atoms with Gasteiger partial charge in [0.2, 0.25) is 0 Å². The van der Waals surface area contributed by atoms with Crippen LogP contribution in [-0.4, -0.2) is 15.2 Å². The largest absolute Gasteiger partial charge is 0.378 e. The summed E-state index contributed by atoms with van der Waals surface area (Å²) in [7, 11) is 0. The Labute approximate surface area is 93.1 Å². The number of aromatic amines is 1. The molecule has 5 heteroatoms. The van der Waals surface area contributed by atoms with E-state index in [1.807, 2.05) is 25.3 Å². The second-order valence-corrected chi connectivity index (χ2v) is 3.44. The quantitative estimate of drug-likeness (QED) is 0.815. The van der Waals surface area contributed by atoms with E-state index in [0.29, 0.717) is 5.69 Å². The first-order valence-corrected chi connectivity index (χ1v) is 4.91. The van der Waals surface area contributed by atoms with Crippen molar-refractivity contribution in [2.45, 2.75) is 13.0 Å². The number of anilines is 1. The van der Waals surface area contributed by atoms with Crippen LogP contribution in [0.2, 0.25) is 0 Å². The Morgan fingerprint density at radius 2 is 2.44 bits per heavy atom. The van der Waals surface area contributed by atoms with Crippen LogP contribution in [0.4, 0.5) is 5.69 Å². The number of hydrogen-bond donors (Lipinski definition) is 2. The Morgan fingerprint density at radius 1 is 1.56 bits per heavy atom. The summed E-state index contributed by atoms with van der Waals surface area (Å²) in [5.74, 6) is 0. The van der Waals surface area contributed by atoms with Crippen molar-refractivity contribution in [3.8, 4) is 6.07 Å². The van der Waals surface area contributed by atoms with Gasteiger partial charge in [0.25, 0.3) is 0 Å². The highest BCUT2D eigenvalue weighted by molar-refractivity contribution is 5.47. The molecular weight excluding hydrogens is 202 g/mol. The van der Waals surface area contributed by atoms with Crippen molar-refractivity contribution >= 4 is 5.69 Å². The molecule has 1 atom stereocenters. The Kier molecular flexibility index (Phi) is 2.83. The van der Waals surface area contributed by atoms with Gasteiger partial charge in [-0.25, -0.2) is 4.98 Å². The van der Waals surface area contributed by atoms with E-state index >= 15 is 0 Å². The highest BCUT2D eigenvalue weighted by atomic mass is 15.1. The van der Waals surface area contributed by atoms with Crippen LogP contribution in [0.3, 0.4) is 0 Å². The molecule has 2 aromatic heterocycles. The molecule has 0 saturated heterocycles. The van der Waals surface area contributed by atoms with Crippen LogP contribution in [0.1, 0.15) is 24.2 Å². The van der Waals surface area contributed by atoms with Crippen LogP contribution < -0.4 is 5.32 Å². The number of pyridine rings is 1. The minimum absolute atomic E-state index is 0.132. The van der Waals surface area contributed by atoms with Crippen molar-refractivity contribution in [2.24, 2.45) is 0 Å². The van der Waals surface area contributed by atoms with Crippen LogP contribution in [-0.2, 0) is 0 Å². The average molecular weight is 213 g/mol. The fraction of sp³-hybridized carbons (Fsp3) is 0.182. The monoisotopic (exact) mass is 213 g/mol. The SMILES string of the molecule is CC(Nc1ccnc(C#N)c1)c1cn[nH]c1. The summed E-state index contributed by atoms with van der Waals surface area (Å²) in [6, 6.07) is 5.69. The van der Waals surface area contributed by atoms with Gasteiger partial charge in [0, 0.05) is 23.6 Å². The molecule has 2 aromatic rings. The molecule has 2 N–H and O–H groups in total. The zero-order chi connectivity index (χ0) is 11.4. The van der Waals surface area contributed by atoms with Gasteiger partial charge >= 0.3 is 0 Å². The molecule has 0 saturated carbocycles. The minimum atomic E-state index is 0.132. The molecule has 16 heavy (non-hydrogen) atoms. The van der Waals surface area contributed by atoms with Gasteiger partial charge in [-0.3, -0.25) is 5.10 Å². The molecule has 2 rings (SSSR count). The standard InChI is InChI=1S/C11H11N5/c1-8(9-6-14-15-7-9)16-10-2-3-13-11(4-10)5-12/h2-4,6-8H,1H3,(H,13,16)(H,14,15). The maximum atomic E-state index is 8.72. The first-order chi connectivity index (χ1) is 7.79. The predicted molar refractivity (Wildman–Crippen MR) is 59.6 cm³/mol. The number of nitrogens with one attached hydrogen (secondary N) is 2. The van der Waals surface area contributed by atoms with E-state index < -0.39 is 0 Å². The number of H-pyrrole nitrogens is 1.